The number of nitro groups is 1. The maximum atomic E-state index is 11.7. The second kappa shape index (κ2) is 6.87. The lowest BCUT2D eigenvalue weighted by Crippen LogP contribution is -2.23. The largest absolute Gasteiger partial charge is 0.349 e. The number of benzene rings is 1. The molecule has 0 aliphatic heterocycles. The number of aryl methyl sites for hydroxylation is 1. The van der Waals surface area contributed by atoms with Crippen LogP contribution in [0.5, 0.6) is 0 Å². The van der Waals surface area contributed by atoms with Crippen LogP contribution in [0.15, 0.2) is 36.5 Å². The van der Waals surface area contributed by atoms with Crippen LogP contribution in [-0.2, 0) is 11.2 Å². The predicted octanol–water partition coefficient (Wildman–Crippen LogP) is 2.67. The predicted molar refractivity (Wildman–Crippen MR) is 87.8 cm³/mol. The Bertz CT molecular complexity index is 727. The van der Waals surface area contributed by atoms with Crippen molar-refractivity contribution in [2.24, 2.45) is 0 Å². The zero-order chi connectivity index (χ0) is 17.0. The molecule has 1 N–H and O–H groups in total. The van der Waals surface area contributed by atoms with Gasteiger partial charge in [-0.25, -0.2) is 4.98 Å². The van der Waals surface area contributed by atoms with Gasteiger partial charge in [0.15, 0.2) is 0 Å². The molecule has 2 aromatic rings. The minimum absolute atomic E-state index is 0.0365. The Kier molecular flexibility index (Phi) is 4.90. The molecule has 2 rings (SSSR count). The minimum atomic E-state index is -0.472. The zero-order valence-corrected chi connectivity index (χ0v) is 13.2. The second-order valence-corrected chi connectivity index (χ2v) is 5.40. The van der Waals surface area contributed by atoms with Crippen LogP contribution in [0.25, 0.3) is 0 Å². The monoisotopic (exact) mass is 314 g/mol. The summed E-state index contributed by atoms with van der Waals surface area (Å²) < 4.78 is 0. The molecule has 120 valence electrons. The van der Waals surface area contributed by atoms with Crippen molar-refractivity contribution in [1.29, 1.82) is 0 Å². The van der Waals surface area contributed by atoms with Crippen LogP contribution in [0.4, 0.5) is 17.2 Å². The number of anilines is 2. The number of nitrogens with zero attached hydrogens (tertiary/aromatic N) is 3. The number of rotatable bonds is 5. The first-order valence-corrected chi connectivity index (χ1v) is 7.04. The first-order valence-electron chi connectivity index (χ1n) is 7.04. The molecule has 7 heteroatoms. The minimum Gasteiger partial charge on any atom is -0.349 e. The molecule has 0 bridgehead atoms. The van der Waals surface area contributed by atoms with E-state index in [-0.39, 0.29) is 11.6 Å². The number of carbonyl (C=O) groups is 1. The normalized spacial score (nSPS) is 10.2. The van der Waals surface area contributed by atoms with E-state index in [1.54, 1.807) is 25.9 Å². The molecule has 0 saturated heterocycles. The topological polar surface area (TPSA) is 88.4 Å². The van der Waals surface area contributed by atoms with E-state index in [2.05, 4.69) is 10.3 Å². The Hall–Kier alpha value is -2.96. The van der Waals surface area contributed by atoms with E-state index in [9.17, 15) is 14.9 Å². The Morgan fingerprint density at radius 3 is 2.48 bits per heavy atom. The van der Waals surface area contributed by atoms with E-state index in [1.807, 2.05) is 24.3 Å². The van der Waals surface area contributed by atoms with Crippen molar-refractivity contribution < 1.29 is 9.72 Å². The van der Waals surface area contributed by atoms with Crippen molar-refractivity contribution in [2.75, 3.05) is 19.4 Å². The Morgan fingerprint density at radius 1 is 1.30 bits per heavy atom. The van der Waals surface area contributed by atoms with Gasteiger partial charge < -0.3 is 10.2 Å². The summed E-state index contributed by atoms with van der Waals surface area (Å²) in [6, 6.07) is 8.90. The molecule has 0 atom stereocenters. The van der Waals surface area contributed by atoms with Gasteiger partial charge in [0, 0.05) is 25.8 Å². The highest BCUT2D eigenvalue weighted by Crippen LogP contribution is 2.22. The van der Waals surface area contributed by atoms with Crippen molar-refractivity contribution in [2.45, 2.75) is 13.3 Å². The molecular weight excluding hydrogens is 296 g/mol. The summed E-state index contributed by atoms with van der Waals surface area (Å²) in [4.78, 5) is 27.5. The molecule has 1 aromatic heterocycles. The average molecular weight is 314 g/mol. The van der Waals surface area contributed by atoms with Crippen molar-refractivity contribution in [1.82, 2.24) is 9.88 Å². The molecule has 7 nitrogen and oxygen atoms in total. The molecule has 0 saturated carbocycles. The number of pyridine rings is 1. The van der Waals surface area contributed by atoms with Crippen LogP contribution in [0.1, 0.15) is 11.1 Å². The van der Waals surface area contributed by atoms with Crippen molar-refractivity contribution in [3.05, 3.63) is 57.8 Å². The quantitative estimate of drug-likeness (QED) is 0.677. The average Bonchev–Trinajstić information content (AvgIpc) is 2.50. The summed E-state index contributed by atoms with van der Waals surface area (Å²) in [6.07, 6.45) is 1.57. The number of hydrogen-bond acceptors (Lipinski definition) is 5. The van der Waals surface area contributed by atoms with Crippen LogP contribution in [0, 0.1) is 17.0 Å². The number of likely N-dealkylation sites (N-methyl/N-ethyl adjacent to an activating group) is 1. The summed E-state index contributed by atoms with van der Waals surface area (Å²) in [5.74, 6) is 0.603. The lowest BCUT2D eigenvalue weighted by molar-refractivity contribution is -0.385. The summed E-state index contributed by atoms with van der Waals surface area (Å²) in [6.45, 7) is 1.76. The van der Waals surface area contributed by atoms with E-state index in [4.69, 9.17) is 0 Å². The third kappa shape index (κ3) is 4.26. The first-order chi connectivity index (χ1) is 10.9. The summed E-state index contributed by atoms with van der Waals surface area (Å²) in [7, 11) is 3.45. The van der Waals surface area contributed by atoms with Crippen molar-refractivity contribution in [3.63, 3.8) is 0 Å². The van der Waals surface area contributed by atoms with Crippen LogP contribution in [0.2, 0.25) is 0 Å². The molecule has 0 unspecified atom stereocenters. The molecule has 0 spiro atoms. The number of aromatic nitrogens is 1. The van der Waals surface area contributed by atoms with Gasteiger partial charge in [0.05, 0.1) is 11.3 Å². The molecule has 1 amide bonds. The van der Waals surface area contributed by atoms with Gasteiger partial charge in [0.2, 0.25) is 5.91 Å². The van der Waals surface area contributed by atoms with Crippen LogP contribution >= 0.6 is 0 Å². The van der Waals surface area contributed by atoms with Gasteiger partial charge in [-0.2, -0.15) is 0 Å². The molecule has 0 fully saturated rings. The van der Waals surface area contributed by atoms with Gasteiger partial charge in [-0.1, -0.05) is 12.1 Å². The second-order valence-electron chi connectivity index (χ2n) is 5.40. The highest BCUT2D eigenvalue weighted by molar-refractivity contribution is 5.78. The van der Waals surface area contributed by atoms with Crippen molar-refractivity contribution >= 4 is 23.1 Å². The summed E-state index contributed by atoms with van der Waals surface area (Å²) in [5, 5.41) is 13.8. The molecule has 23 heavy (non-hydrogen) atoms. The van der Waals surface area contributed by atoms with E-state index < -0.39 is 4.92 Å². The van der Waals surface area contributed by atoms with Gasteiger partial charge in [-0.3, -0.25) is 14.9 Å². The molecular formula is C16H18N4O3. The van der Waals surface area contributed by atoms with Crippen LogP contribution < -0.4 is 5.32 Å². The number of nitrogens with one attached hydrogen (secondary N) is 1. The summed E-state index contributed by atoms with van der Waals surface area (Å²) in [5.41, 5.74) is 2.37. The molecule has 0 aliphatic rings. The molecule has 1 heterocycles. The van der Waals surface area contributed by atoms with Gasteiger partial charge in [0.25, 0.3) is 5.69 Å². The maximum absolute atomic E-state index is 11.7. The van der Waals surface area contributed by atoms with E-state index in [1.165, 1.54) is 12.3 Å². The number of amides is 1. The van der Waals surface area contributed by atoms with Gasteiger partial charge >= 0.3 is 0 Å². The molecule has 0 aliphatic carbocycles. The van der Waals surface area contributed by atoms with Gasteiger partial charge in [-0.15, -0.1) is 0 Å². The van der Waals surface area contributed by atoms with Gasteiger partial charge in [0.1, 0.15) is 12.0 Å². The number of hydrogen-bond donors (Lipinski definition) is 1. The lowest BCUT2D eigenvalue weighted by Gasteiger charge is -2.11. The Balaban J connectivity index is 2.09. The first kappa shape index (κ1) is 16.4. The SMILES string of the molecule is Cc1cc([N+](=O)[O-])cnc1Nc1ccc(CC(=O)N(C)C)cc1. The maximum Gasteiger partial charge on any atom is 0.287 e. The highest BCUT2D eigenvalue weighted by atomic mass is 16.6. The van der Waals surface area contributed by atoms with Gasteiger partial charge in [-0.05, 0) is 30.2 Å². The van der Waals surface area contributed by atoms with Crippen LogP contribution in [-0.4, -0.2) is 34.8 Å². The highest BCUT2D eigenvalue weighted by Gasteiger charge is 2.10. The third-order valence-electron chi connectivity index (χ3n) is 3.35. The summed E-state index contributed by atoms with van der Waals surface area (Å²) >= 11 is 0. The Morgan fingerprint density at radius 2 is 1.96 bits per heavy atom. The number of carbonyl (C=O) groups excluding carboxylic acids is 1. The van der Waals surface area contributed by atoms with Crippen LogP contribution in [0.3, 0.4) is 0 Å². The molecule has 0 radical (unpaired) electrons. The fourth-order valence-corrected chi connectivity index (χ4v) is 1.97. The zero-order valence-electron chi connectivity index (χ0n) is 13.2. The third-order valence-corrected chi connectivity index (χ3v) is 3.35. The van der Waals surface area contributed by atoms with E-state index >= 15 is 0 Å². The van der Waals surface area contributed by atoms with E-state index in [0.29, 0.717) is 17.8 Å². The fourth-order valence-electron chi connectivity index (χ4n) is 1.97. The lowest BCUT2D eigenvalue weighted by atomic mass is 10.1. The smallest absolute Gasteiger partial charge is 0.287 e. The standard InChI is InChI=1S/C16H18N4O3/c1-11-8-14(20(22)23)10-17-16(11)18-13-6-4-12(5-7-13)9-15(21)19(2)3/h4-8,10H,9H2,1-3H3,(H,17,18). The van der Waals surface area contributed by atoms with E-state index in [0.717, 1.165) is 11.3 Å². The van der Waals surface area contributed by atoms with Crippen molar-refractivity contribution in [3.8, 4) is 0 Å². The fraction of sp³-hybridized carbons (Fsp3) is 0.250. The molecule has 1 aromatic carbocycles. The Labute approximate surface area is 134 Å².